The summed E-state index contributed by atoms with van der Waals surface area (Å²) in [6, 6.07) is 8.21. The molecule has 0 radical (unpaired) electrons. The highest BCUT2D eigenvalue weighted by molar-refractivity contribution is 5.79. The molecule has 2 rings (SSSR count). The van der Waals surface area contributed by atoms with Crippen molar-refractivity contribution in [1.29, 1.82) is 0 Å². The Morgan fingerprint density at radius 1 is 1.30 bits per heavy atom. The van der Waals surface area contributed by atoms with Crippen LogP contribution < -0.4 is 15.4 Å². The summed E-state index contributed by atoms with van der Waals surface area (Å²) in [5, 5.41) is 6.95. The van der Waals surface area contributed by atoms with E-state index in [0.717, 1.165) is 24.8 Å². The van der Waals surface area contributed by atoms with Crippen LogP contribution >= 0.6 is 0 Å². The lowest BCUT2D eigenvalue weighted by Gasteiger charge is -2.41. The van der Waals surface area contributed by atoms with E-state index in [1.54, 1.807) is 7.11 Å². The van der Waals surface area contributed by atoms with Crippen LogP contribution in [0.5, 0.6) is 5.75 Å². The van der Waals surface area contributed by atoms with E-state index in [1.807, 2.05) is 19.2 Å². The molecule has 4 heteroatoms. The Hall–Kier alpha value is -1.71. The number of ether oxygens (including phenoxy) is 1. The summed E-state index contributed by atoms with van der Waals surface area (Å²) in [7, 11) is 3.56. The maximum Gasteiger partial charge on any atom is 0.191 e. The third kappa shape index (κ3) is 4.40. The van der Waals surface area contributed by atoms with Gasteiger partial charge in [-0.05, 0) is 36.3 Å². The first-order valence-electron chi connectivity index (χ1n) is 8.71. The average molecular weight is 317 g/mol. The van der Waals surface area contributed by atoms with Gasteiger partial charge >= 0.3 is 0 Å². The molecule has 1 aromatic carbocycles. The van der Waals surface area contributed by atoms with Gasteiger partial charge in [0.2, 0.25) is 0 Å². The lowest BCUT2D eigenvalue weighted by atomic mass is 9.67. The third-order valence-corrected chi connectivity index (χ3v) is 5.26. The maximum atomic E-state index is 5.45. The van der Waals surface area contributed by atoms with E-state index < -0.39 is 0 Å². The molecule has 0 spiro atoms. The predicted octanol–water partition coefficient (Wildman–Crippen LogP) is 3.54. The van der Waals surface area contributed by atoms with E-state index in [-0.39, 0.29) is 0 Å². The van der Waals surface area contributed by atoms with Crippen molar-refractivity contribution >= 4 is 5.96 Å². The number of hydrogen-bond donors (Lipinski definition) is 2. The molecule has 23 heavy (non-hydrogen) atoms. The lowest BCUT2D eigenvalue weighted by Crippen LogP contribution is -2.46. The Morgan fingerprint density at radius 3 is 2.61 bits per heavy atom. The molecule has 1 saturated carbocycles. The van der Waals surface area contributed by atoms with Gasteiger partial charge in [0.1, 0.15) is 5.75 Å². The number of nitrogens with one attached hydrogen (secondary N) is 2. The van der Waals surface area contributed by atoms with Crippen LogP contribution in [-0.2, 0) is 0 Å². The van der Waals surface area contributed by atoms with Gasteiger partial charge < -0.3 is 15.4 Å². The molecule has 4 nitrogen and oxygen atoms in total. The van der Waals surface area contributed by atoms with Crippen molar-refractivity contribution < 1.29 is 4.74 Å². The molecule has 1 aliphatic carbocycles. The number of benzene rings is 1. The van der Waals surface area contributed by atoms with E-state index in [2.05, 4.69) is 41.6 Å². The molecular formula is C19H31N3O. The first-order valence-corrected chi connectivity index (χ1v) is 8.71. The quantitative estimate of drug-likeness (QED) is 0.597. The van der Waals surface area contributed by atoms with E-state index in [4.69, 9.17) is 4.74 Å². The van der Waals surface area contributed by atoms with Crippen molar-refractivity contribution in [3.8, 4) is 5.75 Å². The van der Waals surface area contributed by atoms with E-state index in [1.165, 1.54) is 31.2 Å². The van der Waals surface area contributed by atoms with Gasteiger partial charge in [0.15, 0.2) is 5.96 Å². The van der Waals surface area contributed by atoms with Crippen LogP contribution in [-0.4, -0.2) is 33.2 Å². The van der Waals surface area contributed by atoms with Gasteiger partial charge in [-0.25, -0.2) is 0 Å². The van der Waals surface area contributed by atoms with E-state index in [0.29, 0.717) is 11.3 Å². The summed E-state index contributed by atoms with van der Waals surface area (Å²) < 4.78 is 5.45. The summed E-state index contributed by atoms with van der Waals surface area (Å²) in [6.45, 7) is 6.35. The minimum absolute atomic E-state index is 0.355. The molecule has 0 amide bonds. The second-order valence-electron chi connectivity index (χ2n) is 6.66. The lowest BCUT2D eigenvalue weighted by molar-refractivity contribution is 0.131. The first-order chi connectivity index (χ1) is 11.1. The average Bonchev–Trinajstić information content (AvgIpc) is 2.56. The molecule has 1 aliphatic rings. The minimum atomic E-state index is 0.355. The fraction of sp³-hybridized carbons (Fsp3) is 0.632. The van der Waals surface area contributed by atoms with Crippen LogP contribution in [0.3, 0.4) is 0 Å². The van der Waals surface area contributed by atoms with Crippen LogP contribution in [0.15, 0.2) is 29.3 Å². The van der Waals surface area contributed by atoms with Crippen LogP contribution in [0.2, 0.25) is 0 Å². The summed E-state index contributed by atoms with van der Waals surface area (Å²) in [5.41, 5.74) is 1.72. The van der Waals surface area contributed by atoms with Gasteiger partial charge in [-0.2, -0.15) is 0 Å². The molecule has 0 aromatic heterocycles. The Balaban J connectivity index is 1.85. The fourth-order valence-corrected chi connectivity index (χ4v) is 3.26. The number of guanidine groups is 1. The van der Waals surface area contributed by atoms with Crippen molar-refractivity contribution in [3.05, 3.63) is 29.8 Å². The molecule has 1 atom stereocenters. The molecule has 0 bridgehead atoms. The monoisotopic (exact) mass is 317 g/mol. The van der Waals surface area contributed by atoms with Crippen molar-refractivity contribution in [3.63, 3.8) is 0 Å². The normalized spacial score (nSPS) is 18.0. The molecule has 0 heterocycles. The second kappa shape index (κ2) is 8.23. The van der Waals surface area contributed by atoms with Crippen molar-refractivity contribution in [1.82, 2.24) is 10.6 Å². The van der Waals surface area contributed by atoms with Gasteiger partial charge in [0.25, 0.3) is 0 Å². The highest BCUT2D eigenvalue weighted by Gasteiger charge is 2.34. The summed E-state index contributed by atoms with van der Waals surface area (Å²) >= 11 is 0. The maximum absolute atomic E-state index is 5.45. The summed E-state index contributed by atoms with van der Waals surface area (Å²) in [4.78, 5) is 4.36. The molecule has 0 aliphatic heterocycles. The Kier molecular flexibility index (Phi) is 6.31. The number of hydrogen-bond acceptors (Lipinski definition) is 2. The summed E-state index contributed by atoms with van der Waals surface area (Å²) in [5.74, 6) is 2.20. The largest absolute Gasteiger partial charge is 0.496 e. The first kappa shape index (κ1) is 17.6. The summed E-state index contributed by atoms with van der Waals surface area (Å²) in [6.07, 6.45) is 5.29. The van der Waals surface area contributed by atoms with Gasteiger partial charge in [-0.1, -0.05) is 38.5 Å². The zero-order valence-electron chi connectivity index (χ0n) is 15.0. The van der Waals surface area contributed by atoms with Gasteiger partial charge in [0.05, 0.1) is 7.11 Å². The Bertz CT molecular complexity index is 518. The zero-order chi connectivity index (χ0) is 16.7. The van der Waals surface area contributed by atoms with E-state index in [9.17, 15) is 0 Å². The highest BCUT2D eigenvalue weighted by atomic mass is 16.5. The standard InChI is InChI=1S/C19H31N3O/c1-5-19(11-8-12-19)14-22-18(20-3)21-13-15(2)16-9-6-7-10-17(16)23-4/h6-7,9-10,15H,5,8,11-14H2,1-4H3,(H2,20,21,22). The van der Waals surface area contributed by atoms with Crippen LogP contribution in [0.4, 0.5) is 0 Å². The minimum Gasteiger partial charge on any atom is -0.496 e. The molecule has 1 fully saturated rings. The van der Waals surface area contributed by atoms with Crippen molar-refractivity contribution in [2.75, 3.05) is 27.2 Å². The Morgan fingerprint density at radius 2 is 2.04 bits per heavy atom. The third-order valence-electron chi connectivity index (χ3n) is 5.26. The fourth-order valence-electron chi connectivity index (χ4n) is 3.26. The zero-order valence-corrected chi connectivity index (χ0v) is 15.0. The van der Waals surface area contributed by atoms with Crippen LogP contribution in [0.25, 0.3) is 0 Å². The smallest absolute Gasteiger partial charge is 0.191 e. The number of methoxy groups -OCH3 is 1. The predicted molar refractivity (Wildman–Crippen MR) is 97.3 cm³/mol. The number of nitrogens with zero attached hydrogens (tertiary/aromatic N) is 1. The van der Waals surface area contributed by atoms with Crippen molar-refractivity contribution in [2.24, 2.45) is 10.4 Å². The molecule has 1 unspecified atom stereocenters. The van der Waals surface area contributed by atoms with Gasteiger partial charge in [-0.15, -0.1) is 0 Å². The molecular weight excluding hydrogens is 286 g/mol. The van der Waals surface area contributed by atoms with Crippen LogP contribution in [0.1, 0.15) is 51.0 Å². The number of rotatable bonds is 7. The topological polar surface area (TPSA) is 45.7 Å². The highest BCUT2D eigenvalue weighted by Crippen LogP contribution is 2.42. The Labute approximate surface area is 140 Å². The second-order valence-corrected chi connectivity index (χ2v) is 6.66. The van der Waals surface area contributed by atoms with Crippen LogP contribution in [0, 0.1) is 5.41 Å². The number of aliphatic imine (C=N–C) groups is 1. The SMILES string of the molecule is CCC1(CNC(=NC)NCC(C)c2ccccc2OC)CCC1. The molecule has 128 valence electrons. The number of para-hydroxylation sites is 1. The molecule has 2 N–H and O–H groups in total. The van der Waals surface area contributed by atoms with E-state index >= 15 is 0 Å². The van der Waals surface area contributed by atoms with Crippen molar-refractivity contribution in [2.45, 2.75) is 45.4 Å². The van der Waals surface area contributed by atoms with Gasteiger partial charge in [0, 0.05) is 26.1 Å². The van der Waals surface area contributed by atoms with Gasteiger partial charge in [-0.3, -0.25) is 4.99 Å². The molecule has 1 aromatic rings. The molecule has 0 saturated heterocycles.